The fourth-order valence-corrected chi connectivity index (χ4v) is 6.78. The van der Waals surface area contributed by atoms with Crippen LogP contribution in [0.15, 0.2) is 47.4 Å². The molecule has 2 saturated heterocycles. The van der Waals surface area contributed by atoms with Crippen LogP contribution in [0.1, 0.15) is 37.7 Å². The van der Waals surface area contributed by atoms with Crippen molar-refractivity contribution in [1.82, 2.24) is 29.1 Å². The van der Waals surface area contributed by atoms with E-state index in [2.05, 4.69) is 10.00 Å². The highest BCUT2D eigenvalue weighted by molar-refractivity contribution is 6.38. The molecule has 0 radical (unpaired) electrons. The fraction of sp³-hybridized carbons (Fsp3) is 0.379. The number of piperidine rings is 1. The standard InChI is InChI=1S/C29H30ClN7O2/c1-34-16-22-23(32-34)14-13-21(25(22)30)26-24-27(33-36(26)15-17-7-11-20(39-3)12-8-17)31-29(35(2)28(24)38)37-18-5-4-6-19(37)10-9-18/h7-8,11-14,16,18-19H,4-6,9-10,15H2,1-3H3. The van der Waals surface area contributed by atoms with Gasteiger partial charge in [0, 0.05) is 43.3 Å². The SMILES string of the molecule is COc1ccc(Cn2nc3nc(N4C5CCCC4CC5)n(C)c(=O)c3c2-c2ccc3nn(C)cc3c2Cl)cc1. The van der Waals surface area contributed by atoms with Gasteiger partial charge in [0.2, 0.25) is 5.95 Å². The van der Waals surface area contributed by atoms with Crippen molar-refractivity contribution in [1.29, 1.82) is 0 Å². The molecule has 7 rings (SSSR count). The number of aromatic nitrogens is 6. The minimum absolute atomic E-state index is 0.113. The van der Waals surface area contributed by atoms with E-state index in [-0.39, 0.29) is 5.56 Å². The Balaban J connectivity index is 1.45. The highest BCUT2D eigenvalue weighted by atomic mass is 35.5. The minimum Gasteiger partial charge on any atom is -0.497 e. The summed E-state index contributed by atoms with van der Waals surface area (Å²) in [6.07, 6.45) is 7.71. The normalized spacial score (nSPS) is 18.9. The number of benzene rings is 2. The summed E-state index contributed by atoms with van der Waals surface area (Å²) < 4.78 is 10.6. The van der Waals surface area contributed by atoms with Crippen LogP contribution in [0, 0.1) is 0 Å². The van der Waals surface area contributed by atoms with Crippen LogP contribution in [0.4, 0.5) is 5.95 Å². The Morgan fingerprint density at radius 2 is 1.74 bits per heavy atom. The summed E-state index contributed by atoms with van der Waals surface area (Å²) in [6.45, 7) is 0.449. The molecule has 9 nitrogen and oxygen atoms in total. The highest BCUT2D eigenvalue weighted by Gasteiger charge is 2.39. The number of nitrogens with zero attached hydrogens (tertiary/aromatic N) is 7. The van der Waals surface area contributed by atoms with Crippen LogP contribution in [0.3, 0.4) is 0 Å². The van der Waals surface area contributed by atoms with Gasteiger partial charge in [-0.25, -0.2) is 0 Å². The van der Waals surface area contributed by atoms with E-state index in [9.17, 15) is 4.79 Å². The number of ether oxygens (including phenoxy) is 1. The first-order valence-corrected chi connectivity index (χ1v) is 13.8. The number of halogens is 1. The third-order valence-corrected chi connectivity index (χ3v) is 8.78. The van der Waals surface area contributed by atoms with Gasteiger partial charge < -0.3 is 9.64 Å². The number of aryl methyl sites for hydroxylation is 1. The molecular formula is C29H30ClN7O2. The van der Waals surface area contributed by atoms with Crippen molar-refractivity contribution >= 4 is 39.5 Å². The molecule has 3 aromatic heterocycles. The average Bonchev–Trinajstić information content (AvgIpc) is 3.57. The lowest BCUT2D eigenvalue weighted by Gasteiger charge is -2.36. The lowest BCUT2D eigenvalue weighted by Crippen LogP contribution is -2.43. The Morgan fingerprint density at radius 1 is 1.00 bits per heavy atom. The molecule has 0 amide bonds. The zero-order valence-corrected chi connectivity index (χ0v) is 23.0. The van der Waals surface area contributed by atoms with Gasteiger partial charge in [0.1, 0.15) is 11.1 Å². The van der Waals surface area contributed by atoms with Crippen LogP contribution in [-0.2, 0) is 20.6 Å². The summed E-state index contributed by atoms with van der Waals surface area (Å²) in [5.41, 5.74) is 3.55. The Kier molecular flexibility index (Phi) is 5.66. The van der Waals surface area contributed by atoms with Gasteiger partial charge in [-0.2, -0.15) is 15.2 Å². The van der Waals surface area contributed by atoms with E-state index in [4.69, 9.17) is 26.4 Å². The molecule has 0 aliphatic carbocycles. The van der Waals surface area contributed by atoms with Crippen molar-refractivity contribution in [2.75, 3.05) is 12.0 Å². The second-order valence-corrected chi connectivity index (χ2v) is 11.1. The smallest absolute Gasteiger partial charge is 0.266 e. The van der Waals surface area contributed by atoms with E-state index in [1.54, 1.807) is 16.4 Å². The molecule has 2 unspecified atom stereocenters. The molecule has 10 heteroatoms. The second kappa shape index (κ2) is 9.12. The predicted molar refractivity (Wildman–Crippen MR) is 153 cm³/mol. The Labute approximate surface area is 230 Å². The molecule has 2 atom stereocenters. The molecule has 0 N–H and O–H groups in total. The molecule has 0 spiro atoms. The maximum atomic E-state index is 14.1. The summed E-state index contributed by atoms with van der Waals surface area (Å²) in [6, 6.07) is 12.6. The van der Waals surface area contributed by atoms with Crippen LogP contribution in [-0.4, -0.2) is 48.3 Å². The van der Waals surface area contributed by atoms with E-state index < -0.39 is 0 Å². The Hall–Kier alpha value is -3.85. The van der Waals surface area contributed by atoms with Crippen molar-refractivity contribution in [3.63, 3.8) is 0 Å². The quantitative estimate of drug-likeness (QED) is 0.313. The van der Waals surface area contributed by atoms with Crippen LogP contribution in [0.2, 0.25) is 5.02 Å². The molecule has 2 aliphatic rings. The first-order valence-electron chi connectivity index (χ1n) is 13.4. The van der Waals surface area contributed by atoms with Gasteiger partial charge in [-0.1, -0.05) is 23.7 Å². The van der Waals surface area contributed by atoms with Gasteiger partial charge in [0.25, 0.3) is 5.56 Å². The number of hydrogen-bond acceptors (Lipinski definition) is 6. The molecule has 2 fully saturated rings. The van der Waals surface area contributed by atoms with Gasteiger partial charge >= 0.3 is 0 Å². The molecular weight excluding hydrogens is 514 g/mol. The van der Waals surface area contributed by atoms with Crippen molar-refractivity contribution in [2.45, 2.75) is 50.7 Å². The molecule has 5 heterocycles. The van der Waals surface area contributed by atoms with Crippen LogP contribution < -0.4 is 15.2 Å². The van der Waals surface area contributed by atoms with E-state index >= 15 is 0 Å². The summed E-state index contributed by atoms with van der Waals surface area (Å²) in [7, 11) is 5.35. The second-order valence-electron chi connectivity index (χ2n) is 10.7. The van der Waals surface area contributed by atoms with E-state index in [1.807, 2.05) is 61.4 Å². The zero-order valence-electron chi connectivity index (χ0n) is 22.3. The fourth-order valence-electron chi connectivity index (χ4n) is 6.48. The van der Waals surface area contributed by atoms with Crippen LogP contribution >= 0.6 is 11.6 Å². The molecule has 2 aliphatic heterocycles. The van der Waals surface area contributed by atoms with Crippen molar-refractivity contribution in [2.24, 2.45) is 14.1 Å². The molecule has 5 aromatic rings. The molecule has 200 valence electrons. The monoisotopic (exact) mass is 543 g/mol. The molecule has 2 bridgehead atoms. The van der Waals surface area contributed by atoms with Crippen molar-refractivity contribution < 1.29 is 4.74 Å². The Bertz CT molecular complexity index is 1770. The molecule has 2 aromatic carbocycles. The van der Waals surface area contributed by atoms with Crippen molar-refractivity contribution in [3.05, 3.63) is 63.5 Å². The third kappa shape index (κ3) is 3.82. The maximum Gasteiger partial charge on any atom is 0.266 e. The summed E-state index contributed by atoms with van der Waals surface area (Å²) in [5.74, 6) is 1.50. The first-order chi connectivity index (χ1) is 18.9. The van der Waals surface area contributed by atoms with E-state index in [0.717, 1.165) is 53.5 Å². The van der Waals surface area contributed by atoms with Gasteiger partial charge in [-0.15, -0.1) is 0 Å². The minimum atomic E-state index is -0.113. The number of rotatable bonds is 5. The number of anilines is 1. The number of fused-ring (bicyclic) bond motifs is 4. The van der Waals surface area contributed by atoms with Crippen LogP contribution in [0.25, 0.3) is 33.2 Å². The number of hydrogen-bond donors (Lipinski definition) is 0. The highest BCUT2D eigenvalue weighted by Crippen LogP contribution is 2.40. The lowest BCUT2D eigenvalue weighted by molar-refractivity contribution is 0.414. The Morgan fingerprint density at radius 3 is 2.46 bits per heavy atom. The predicted octanol–water partition coefficient (Wildman–Crippen LogP) is 4.92. The first kappa shape index (κ1) is 24.2. The topological polar surface area (TPSA) is 83.0 Å². The van der Waals surface area contributed by atoms with Gasteiger partial charge in [-0.05, 0) is 61.9 Å². The molecule has 39 heavy (non-hydrogen) atoms. The summed E-state index contributed by atoms with van der Waals surface area (Å²) in [4.78, 5) is 21.5. The summed E-state index contributed by atoms with van der Waals surface area (Å²) >= 11 is 7.00. The third-order valence-electron chi connectivity index (χ3n) is 8.37. The van der Waals surface area contributed by atoms with Gasteiger partial charge in [-0.3, -0.25) is 18.7 Å². The molecule has 0 saturated carbocycles. The van der Waals surface area contributed by atoms with Gasteiger partial charge in [0.05, 0.1) is 29.9 Å². The lowest BCUT2D eigenvalue weighted by atomic mass is 10.0. The van der Waals surface area contributed by atoms with Crippen LogP contribution in [0.5, 0.6) is 5.75 Å². The zero-order chi connectivity index (χ0) is 26.8. The number of methoxy groups -OCH3 is 1. The van der Waals surface area contributed by atoms with Gasteiger partial charge in [0.15, 0.2) is 5.65 Å². The summed E-state index contributed by atoms with van der Waals surface area (Å²) in [5, 5.41) is 11.3. The van der Waals surface area contributed by atoms with E-state index in [1.165, 1.54) is 6.42 Å². The van der Waals surface area contributed by atoms with E-state index in [0.29, 0.717) is 46.3 Å². The average molecular weight is 544 g/mol. The van der Waals surface area contributed by atoms with Crippen molar-refractivity contribution in [3.8, 4) is 17.0 Å². The largest absolute Gasteiger partial charge is 0.497 e. The maximum absolute atomic E-state index is 14.1.